The van der Waals surface area contributed by atoms with Crippen molar-refractivity contribution in [2.45, 2.75) is 13.3 Å². The lowest BCUT2D eigenvalue weighted by Crippen LogP contribution is -2.23. The maximum atomic E-state index is 11.8. The summed E-state index contributed by atoms with van der Waals surface area (Å²) < 4.78 is 15.2. The fourth-order valence-electron chi connectivity index (χ4n) is 2.14. The van der Waals surface area contributed by atoms with Gasteiger partial charge in [-0.3, -0.25) is 9.59 Å². The number of carbonyl (C=O) groups is 3. The van der Waals surface area contributed by atoms with E-state index in [0.717, 1.165) is 0 Å². The molecule has 2 rings (SSSR count). The molecule has 0 atom stereocenters. The van der Waals surface area contributed by atoms with E-state index in [-0.39, 0.29) is 12.4 Å². The number of Topliss-reactive ketones (excluding diaryl/α,β-unsaturated/α-hetero) is 1. The van der Waals surface area contributed by atoms with Gasteiger partial charge in [0.05, 0.1) is 7.11 Å². The molecule has 0 fully saturated rings. The lowest BCUT2D eigenvalue weighted by Gasteiger charge is -2.08. The Labute approximate surface area is 157 Å². The summed E-state index contributed by atoms with van der Waals surface area (Å²) in [6, 6.07) is 13.2. The number of anilines is 1. The lowest BCUT2D eigenvalue weighted by molar-refractivity contribution is -0.149. The molecule has 0 spiro atoms. The fourth-order valence-corrected chi connectivity index (χ4v) is 2.14. The van der Waals surface area contributed by atoms with E-state index in [2.05, 4.69) is 5.32 Å². The van der Waals surface area contributed by atoms with Gasteiger partial charge in [-0.1, -0.05) is 6.92 Å². The lowest BCUT2D eigenvalue weighted by atomic mass is 10.1. The first-order chi connectivity index (χ1) is 13.0. The Bertz CT molecular complexity index is 783. The zero-order valence-electron chi connectivity index (χ0n) is 15.2. The monoisotopic (exact) mass is 371 g/mol. The molecule has 0 radical (unpaired) electrons. The molecule has 0 aliphatic heterocycles. The minimum Gasteiger partial charge on any atom is -0.497 e. The first-order valence-corrected chi connectivity index (χ1v) is 8.37. The summed E-state index contributed by atoms with van der Waals surface area (Å²) in [5.74, 6) is -0.000622. The number of esters is 1. The Morgan fingerprint density at radius 1 is 0.889 bits per heavy atom. The van der Waals surface area contributed by atoms with Crippen LogP contribution >= 0.6 is 0 Å². The number of amides is 1. The summed E-state index contributed by atoms with van der Waals surface area (Å²) in [5, 5.41) is 2.60. The number of rotatable bonds is 9. The second-order valence-corrected chi connectivity index (χ2v) is 5.53. The third kappa shape index (κ3) is 6.47. The highest BCUT2D eigenvalue weighted by atomic mass is 16.6. The fraction of sp³-hybridized carbons (Fsp3) is 0.250. The Balaban J connectivity index is 1.72. The quantitative estimate of drug-likeness (QED) is 0.538. The first kappa shape index (κ1) is 20.0. The average molecular weight is 371 g/mol. The van der Waals surface area contributed by atoms with Crippen molar-refractivity contribution in [3.05, 3.63) is 54.1 Å². The van der Waals surface area contributed by atoms with Gasteiger partial charge in [-0.05, 0) is 48.5 Å². The van der Waals surface area contributed by atoms with Crippen LogP contribution in [0.5, 0.6) is 11.5 Å². The van der Waals surface area contributed by atoms with E-state index >= 15 is 0 Å². The second-order valence-electron chi connectivity index (χ2n) is 5.53. The van der Waals surface area contributed by atoms with E-state index in [1.54, 1.807) is 62.6 Å². The van der Waals surface area contributed by atoms with Gasteiger partial charge in [0, 0.05) is 17.7 Å². The van der Waals surface area contributed by atoms with E-state index in [9.17, 15) is 14.4 Å². The van der Waals surface area contributed by atoms with Crippen LogP contribution in [0.3, 0.4) is 0 Å². The minimum absolute atomic E-state index is 0.0313. The van der Waals surface area contributed by atoms with Gasteiger partial charge in [0.1, 0.15) is 11.5 Å². The van der Waals surface area contributed by atoms with Crippen molar-refractivity contribution in [3.63, 3.8) is 0 Å². The maximum Gasteiger partial charge on any atom is 0.344 e. The zero-order chi connectivity index (χ0) is 19.6. The summed E-state index contributed by atoms with van der Waals surface area (Å²) in [4.78, 5) is 35.0. The van der Waals surface area contributed by atoms with E-state index in [4.69, 9.17) is 14.2 Å². The standard InChI is InChI=1S/C20H21NO6/c1-3-18(22)14-4-8-17(9-5-14)26-13-20(24)27-12-19(23)21-15-6-10-16(25-2)11-7-15/h4-11H,3,12-13H2,1-2H3,(H,21,23). The van der Waals surface area contributed by atoms with Crippen molar-refractivity contribution in [1.82, 2.24) is 0 Å². The summed E-state index contributed by atoms with van der Waals surface area (Å²) in [7, 11) is 1.55. The Morgan fingerprint density at radius 3 is 2.11 bits per heavy atom. The molecule has 0 saturated carbocycles. The smallest absolute Gasteiger partial charge is 0.344 e. The van der Waals surface area contributed by atoms with Gasteiger partial charge in [0.25, 0.3) is 5.91 Å². The van der Waals surface area contributed by atoms with Gasteiger partial charge in [-0.25, -0.2) is 4.79 Å². The largest absolute Gasteiger partial charge is 0.497 e. The van der Waals surface area contributed by atoms with Crippen LogP contribution in [0.2, 0.25) is 0 Å². The Morgan fingerprint density at radius 2 is 1.52 bits per heavy atom. The number of carbonyl (C=O) groups excluding carboxylic acids is 3. The number of benzene rings is 2. The van der Waals surface area contributed by atoms with Gasteiger partial charge in [-0.15, -0.1) is 0 Å². The van der Waals surface area contributed by atoms with E-state index < -0.39 is 18.5 Å². The molecule has 1 N–H and O–H groups in total. The molecule has 0 heterocycles. The third-order valence-electron chi connectivity index (χ3n) is 3.59. The van der Waals surface area contributed by atoms with Crippen molar-refractivity contribution >= 4 is 23.3 Å². The zero-order valence-corrected chi connectivity index (χ0v) is 15.2. The number of ketones is 1. The van der Waals surface area contributed by atoms with Crippen molar-refractivity contribution in [1.29, 1.82) is 0 Å². The Kier molecular flexibility index (Phi) is 7.37. The van der Waals surface area contributed by atoms with E-state index in [0.29, 0.717) is 29.2 Å². The molecule has 27 heavy (non-hydrogen) atoms. The molecule has 2 aromatic rings. The first-order valence-electron chi connectivity index (χ1n) is 8.37. The number of hydrogen-bond donors (Lipinski definition) is 1. The molecule has 0 unspecified atom stereocenters. The SMILES string of the molecule is CCC(=O)c1ccc(OCC(=O)OCC(=O)Nc2ccc(OC)cc2)cc1. The van der Waals surface area contributed by atoms with Gasteiger partial charge in [0.15, 0.2) is 19.0 Å². The van der Waals surface area contributed by atoms with Crippen LogP contribution in [-0.4, -0.2) is 38.0 Å². The minimum atomic E-state index is -0.673. The molecular weight excluding hydrogens is 350 g/mol. The number of nitrogens with one attached hydrogen (secondary N) is 1. The maximum absolute atomic E-state index is 11.8. The predicted octanol–water partition coefficient (Wildman–Crippen LogP) is 2.85. The van der Waals surface area contributed by atoms with Crippen LogP contribution in [0, 0.1) is 0 Å². The van der Waals surface area contributed by atoms with Crippen molar-refractivity contribution < 1.29 is 28.6 Å². The normalized spacial score (nSPS) is 10.0. The van der Waals surface area contributed by atoms with E-state index in [1.807, 2.05) is 0 Å². The molecule has 1 amide bonds. The van der Waals surface area contributed by atoms with Crippen molar-refractivity contribution in [3.8, 4) is 11.5 Å². The van der Waals surface area contributed by atoms with Crippen molar-refractivity contribution in [2.75, 3.05) is 25.6 Å². The third-order valence-corrected chi connectivity index (χ3v) is 3.59. The van der Waals surface area contributed by atoms with Crippen LogP contribution < -0.4 is 14.8 Å². The molecule has 142 valence electrons. The van der Waals surface area contributed by atoms with Crippen LogP contribution in [0.25, 0.3) is 0 Å². The van der Waals surface area contributed by atoms with Gasteiger partial charge in [-0.2, -0.15) is 0 Å². The molecule has 0 aliphatic rings. The number of hydrogen-bond acceptors (Lipinski definition) is 6. The number of ether oxygens (including phenoxy) is 3. The van der Waals surface area contributed by atoms with Gasteiger partial charge >= 0.3 is 5.97 Å². The van der Waals surface area contributed by atoms with Crippen LogP contribution in [0.15, 0.2) is 48.5 Å². The molecule has 0 saturated heterocycles. The molecule has 0 aliphatic carbocycles. The summed E-state index contributed by atoms with van der Waals surface area (Å²) in [6.45, 7) is 1.03. The van der Waals surface area contributed by atoms with E-state index in [1.165, 1.54) is 0 Å². The highest BCUT2D eigenvalue weighted by molar-refractivity contribution is 5.96. The topological polar surface area (TPSA) is 90.9 Å². The molecule has 0 aromatic heterocycles. The molecule has 0 bridgehead atoms. The summed E-state index contributed by atoms with van der Waals surface area (Å²) in [6.07, 6.45) is 0.422. The molecule has 2 aromatic carbocycles. The van der Waals surface area contributed by atoms with Gasteiger partial charge in [0.2, 0.25) is 0 Å². The van der Waals surface area contributed by atoms with Crippen LogP contribution in [0.4, 0.5) is 5.69 Å². The molecular formula is C20H21NO6. The summed E-state index contributed by atoms with van der Waals surface area (Å²) >= 11 is 0. The Hall–Kier alpha value is -3.35. The van der Waals surface area contributed by atoms with Crippen molar-refractivity contribution in [2.24, 2.45) is 0 Å². The second kappa shape index (κ2) is 9.96. The summed E-state index contributed by atoms with van der Waals surface area (Å²) in [5.41, 5.74) is 1.15. The molecule has 7 nitrogen and oxygen atoms in total. The highest BCUT2D eigenvalue weighted by Crippen LogP contribution is 2.15. The van der Waals surface area contributed by atoms with Gasteiger partial charge < -0.3 is 19.5 Å². The molecule has 7 heteroatoms. The predicted molar refractivity (Wildman–Crippen MR) is 99.1 cm³/mol. The highest BCUT2D eigenvalue weighted by Gasteiger charge is 2.09. The van der Waals surface area contributed by atoms with Crippen LogP contribution in [-0.2, 0) is 14.3 Å². The number of methoxy groups -OCH3 is 1. The average Bonchev–Trinajstić information content (AvgIpc) is 2.71. The van der Waals surface area contributed by atoms with Crippen LogP contribution in [0.1, 0.15) is 23.7 Å².